The summed E-state index contributed by atoms with van der Waals surface area (Å²) in [5.41, 5.74) is 1.71. The van der Waals surface area contributed by atoms with Crippen LogP contribution in [0.4, 0.5) is 0 Å². The highest BCUT2D eigenvalue weighted by Gasteiger charge is 2.25. The van der Waals surface area contributed by atoms with Crippen LogP contribution in [0.15, 0.2) is 54.1 Å². The first-order valence-corrected chi connectivity index (χ1v) is 10.2. The molecule has 7 heteroatoms. The van der Waals surface area contributed by atoms with Gasteiger partial charge in [-0.25, -0.2) is 0 Å². The Labute approximate surface area is 193 Å². The largest absolute Gasteiger partial charge is 0.497 e. The molecular weight excluding hydrogens is 422 g/mol. The van der Waals surface area contributed by atoms with Gasteiger partial charge in [-0.05, 0) is 54.5 Å². The second-order valence-electron chi connectivity index (χ2n) is 6.97. The quantitative estimate of drug-likeness (QED) is 0.499. The third kappa shape index (κ3) is 5.55. The van der Waals surface area contributed by atoms with Gasteiger partial charge in [0.15, 0.2) is 11.5 Å². The summed E-state index contributed by atoms with van der Waals surface area (Å²) in [6.45, 7) is 0.297. The van der Waals surface area contributed by atoms with Crippen molar-refractivity contribution in [2.24, 2.45) is 0 Å². The first-order chi connectivity index (χ1) is 16.0. The average Bonchev–Trinajstić information content (AvgIpc) is 2.86. The third-order valence-electron chi connectivity index (χ3n) is 4.98. The van der Waals surface area contributed by atoms with Crippen molar-refractivity contribution in [1.82, 2.24) is 4.90 Å². The highest BCUT2D eigenvalue weighted by atomic mass is 16.5. The van der Waals surface area contributed by atoms with Gasteiger partial charge in [0.1, 0.15) is 5.75 Å². The Morgan fingerprint density at radius 2 is 1.61 bits per heavy atom. The van der Waals surface area contributed by atoms with E-state index in [0.717, 1.165) is 11.3 Å². The van der Waals surface area contributed by atoms with E-state index in [0.29, 0.717) is 41.4 Å². The molecule has 1 aliphatic rings. The van der Waals surface area contributed by atoms with Gasteiger partial charge in [-0.1, -0.05) is 17.9 Å². The molecule has 0 spiro atoms. The molecule has 0 radical (unpaired) electrons. The number of hydrogen-bond acceptors (Lipinski definition) is 6. The SMILES string of the molecule is COc1ccc(C#CC2=CCCN(C(=O)/C=C/c3cc(OC)c(OC)c(OC)c3)C2=O)cc1. The summed E-state index contributed by atoms with van der Waals surface area (Å²) in [4.78, 5) is 26.7. The van der Waals surface area contributed by atoms with Gasteiger partial charge >= 0.3 is 0 Å². The minimum absolute atomic E-state index is 0.297. The molecule has 2 aromatic rings. The molecule has 2 aromatic carbocycles. The number of benzene rings is 2. The number of methoxy groups -OCH3 is 4. The molecule has 3 rings (SSSR count). The zero-order chi connectivity index (χ0) is 23.8. The monoisotopic (exact) mass is 447 g/mol. The van der Waals surface area contributed by atoms with Gasteiger partial charge in [0.25, 0.3) is 11.8 Å². The molecule has 0 bridgehead atoms. The Bertz CT molecular complexity index is 1130. The number of rotatable bonds is 6. The molecule has 7 nitrogen and oxygen atoms in total. The van der Waals surface area contributed by atoms with Crippen molar-refractivity contribution >= 4 is 17.9 Å². The van der Waals surface area contributed by atoms with Crippen molar-refractivity contribution in [3.05, 3.63) is 65.3 Å². The summed E-state index contributed by atoms with van der Waals surface area (Å²) in [5.74, 6) is 7.12. The van der Waals surface area contributed by atoms with E-state index in [-0.39, 0.29) is 0 Å². The van der Waals surface area contributed by atoms with Gasteiger partial charge in [-0.2, -0.15) is 0 Å². The standard InChI is InChI=1S/C26H25NO6/c1-30-21-12-8-18(9-13-21)7-11-20-6-5-15-27(26(20)29)24(28)14-10-19-16-22(31-2)25(33-4)23(17-19)32-3/h6,8-10,12-14,16-17H,5,15H2,1-4H3/b14-10+. The van der Waals surface area contributed by atoms with Crippen molar-refractivity contribution < 1.29 is 28.5 Å². The van der Waals surface area contributed by atoms with Crippen molar-refractivity contribution in [2.45, 2.75) is 6.42 Å². The predicted octanol–water partition coefficient (Wildman–Crippen LogP) is 3.47. The van der Waals surface area contributed by atoms with Crippen LogP contribution in [0.2, 0.25) is 0 Å². The van der Waals surface area contributed by atoms with Crippen LogP contribution in [0.1, 0.15) is 17.5 Å². The Kier molecular flexibility index (Phi) is 7.77. The van der Waals surface area contributed by atoms with Crippen molar-refractivity contribution in [3.8, 4) is 34.8 Å². The maximum atomic E-state index is 12.8. The molecular formula is C26H25NO6. The molecule has 170 valence electrons. The van der Waals surface area contributed by atoms with Crippen LogP contribution in [-0.4, -0.2) is 51.7 Å². The van der Waals surface area contributed by atoms with E-state index in [1.54, 1.807) is 43.5 Å². The molecule has 0 saturated heterocycles. The zero-order valence-corrected chi connectivity index (χ0v) is 19.0. The van der Waals surface area contributed by atoms with E-state index in [1.165, 1.54) is 32.3 Å². The second kappa shape index (κ2) is 10.9. The molecule has 0 N–H and O–H groups in total. The number of nitrogens with zero attached hydrogens (tertiary/aromatic N) is 1. The van der Waals surface area contributed by atoms with Crippen LogP contribution in [0.3, 0.4) is 0 Å². The van der Waals surface area contributed by atoms with Crippen molar-refractivity contribution in [3.63, 3.8) is 0 Å². The molecule has 0 atom stereocenters. The number of hydrogen-bond donors (Lipinski definition) is 0. The van der Waals surface area contributed by atoms with Crippen LogP contribution >= 0.6 is 0 Å². The zero-order valence-electron chi connectivity index (χ0n) is 19.0. The second-order valence-corrected chi connectivity index (χ2v) is 6.97. The Morgan fingerprint density at radius 3 is 2.18 bits per heavy atom. The maximum Gasteiger partial charge on any atom is 0.268 e. The minimum atomic E-state index is -0.425. The Balaban J connectivity index is 1.75. The first-order valence-electron chi connectivity index (χ1n) is 10.2. The molecule has 0 saturated carbocycles. The van der Waals surface area contributed by atoms with Gasteiger partial charge < -0.3 is 18.9 Å². The number of amides is 2. The number of ether oxygens (including phenoxy) is 4. The molecule has 0 aromatic heterocycles. The topological polar surface area (TPSA) is 74.3 Å². The number of carbonyl (C=O) groups excluding carboxylic acids is 2. The van der Waals surface area contributed by atoms with Crippen LogP contribution in [-0.2, 0) is 9.59 Å². The summed E-state index contributed by atoms with van der Waals surface area (Å²) in [6, 6.07) is 10.6. The highest BCUT2D eigenvalue weighted by molar-refractivity contribution is 6.11. The first kappa shape index (κ1) is 23.5. The molecule has 0 aliphatic carbocycles. The van der Waals surface area contributed by atoms with E-state index < -0.39 is 11.8 Å². The maximum absolute atomic E-state index is 12.8. The Morgan fingerprint density at radius 1 is 0.939 bits per heavy atom. The lowest BCUT2D eigenvalue weighted by Crippen LogP contribution is -2.39. The van der Waals surface area contributed by atoms with Crippen LogP contribution in [0.5, 0.6) is 23.0 Å². The Hall–Kier alpha value is -4.18. The van der Waals surface area contributed by atoms with E-state index in [2.05, 4.69) is 11.8 Å². The smallest absolute Gasteiger partial charge is 0.268 e. The highest BCUT2D eigenvalue weighted by Crippen LogP contribution is 2.38. The summed E-state index contributed by atoms with van der Waals surface area (Å²) in [5, 5.41) is 0. The lowest BCUT2D eigenvalue weighted by Gasteiger charge is -2.22. The molecule has 0 fully saturated rings. The summed E-state index contributed by atoms with van der Waals surface area (Å²) < 4.78 is 21.1. The van der Waals surface area contributed by atoms with Gasteiger partial charge in [0.05, 0.1) is 34.0 Å². The molecule has 33 heavy (non-hydrogen) atoms. The van der Waals surface area contributed by atoms with Gasteiger partial charge in [0, 0.05) is 18.2 Å². The molecule has 0 unspecified atom stereocenters. The fraction of sp³-hybridized carbons (Fsp3) is 0.231. The van der Waals surface area contributed by atoms with Gasteiger partial charge in [0.2, 0.25) is 5.75 Å². The average molecular weight is 447 g/mol. The fourth-order valence-electron chi connectivity index (χ4n) is 3.26. The van der Waals surface area contributed by atoms with E-state index >= 15 is 0 Å². The van der Waals surface area contributed by atoms with E-state index in [9.17, 15) is 9.59 Å². The van der Waals surface area contributed by atoms with Crippen LogP contribution in [0.25, 0.3) is 6.08 Å². The lowest BCUT2D eigenvalue weighted by molar-refractivity contribution is -0.139. The normalized spacial score (nSPS) is 13.2. The van der Waals surface area contributed by atoms with E-state index in [4.69, 9.17) is 18.9 Å². The summed E-state index contributed by atoms with van der Waals surface area (Å²) in [7, 11) is 6.14. The third-order valence-corrected chi connectivity index (χ3v) is 4.98. The minimum Gasteiger partial charge on any atom is -0.497 e. The van der Waals surface area contributed by atoms with E-state index in [1.807, 2.05) is 12.1 Å². The van der Waals surface area contributed by atoms with Crippen molar-refractivity contribution in [1.29, 1.82) is 0 Å². The number of carbonyl (C=O) groups is 2. The number of imide groups is 1. The fourth-order valence-corrected chi connectivity index (χ4v) is 3.26. The van der Waals surface area contributed by atoms with Gasteiger partial charge in [-0.15, -0.1) is 0 Å². The van der Waals surface area contributed by atoms with Gasteiger partial charge in [-0.3, -0.25) is 14.5 Å². The molecule has 1 heterocycles. The van der Waals surface area contributed by atoms with Crippen molar-refractivity contribution in [2.75, 3.05) is 35.0 Å². The van der Waals surface area contributed by atoms with Crippen LogP contribution < -0.4 is 18.9 Å². The lowest BCUT2D eigenvalue weighted by atomic mass is 10.1. The summed E-state index contributed by atoms with van der Waals surface area (Å²) in [6.07, 6.45) is 5.24. The molecule has 1 aliphatic heterocycles. The molecule has 2 amide bonds. The van der Waals surface area contributed by atoms with Crippen LogP contribution in [0, 0.1) is 11.8 Å². The summed E-state index contributed by atoms with van der Waals surface area (Å²) >= 11 is 0. The predicted molar refractivity (Wildman–Crippen MR) is 124 cm³/mol.